The quantitative estimate of drug-likeness (QED) is 0.882. The Morgan fingerprint density at radius 1 is 1.35 bits per heavy atom. The largest absolute Gasteiger partial charge is 0.323 e. The molecule has 1 aromatic heterocycles. The van der Waals surface area contributed by atoms with Gasteiger partial charge in [-0.2, -0.15) is 0 Å². The molecule has 1 fully saturated rings. The molecule has 1 N–H and O–H groups in total. The van der Waals surface area contributed by atoms with Crippen LogP contribution in [0.4, 0.5) is 5.13 Å². The molecule has 0 bridgehead atoms. The lowest BCUT2D eigenvalue weighted by molar-refractivity contribution is -0.130. The van der Waals surface area contributed by atoms with Crippen LogP contribution in [0.3, 0.4) is 0 Å². The average Bonchev–Trinajstić information content (AvgIpc) is 3.11. The van der Waals surface area contributed by atoms with Crippen LogP contribution in [-0.4, -0.2) is 39.9 Å². The first kappa shape index (κ1) is 16.3. The summed E-state index contributed by atoms with van der Waals surface area (Å²) in [7, 11) is 0. The second-order valence-corrected chi connectivity index (χ2v) is 7.56. The Bertz CT molecular complexity index is 718. The Kier molecular flexibility index (Phi) is 5.20. The molecule has 1 saturated heterocycles. The first-order valence-corrected chi connectivity index (χ1v) is 9.29. The topological polar surface area (TPSA) is 62.3 Å². The van der Waals surface area contributed by atoms with E-state index in [4.69, 9.17) is 11.6 Å². The number of hydrogen-bond acceptors (Lipinski definition) is 5. The maximum atomic E-state index is 12.0. The summed E-state index contributed by atoms with van der Waals surface area (Å²) >= 11 is 8.82. The number of nitrogens with one attached hydrogen (secondary N) is 1. The molecule has 23 heavy (non-hydrogen) atoms. The third-order valence-electron chi connectivity index (χ3n) is 3.25. The van der Waals surface area contributed by atoms with Gasteiger partial charge in [0, 0.05) is 22.5 Å². The number of thioether (sulfide) groups is 1. The van der Waals surface area contributed by atoms with Gasteiger partial charge in [0.2, 0.25) is 11.8 Å². The van der Waals surface area contributed by atoms with Crippen LogP contribution in [0.5, 0.6) is 0 Å². The van der Waals surface area contributed by atoms with E-state index < -0.39 is 0 Å². The van der Waals surface area contributed by atoms with Crippen LogP contribution < -0.4 is 5.32 Å². The van der Waals surface area contributed by atoms with Crippen LogP contribution in [0.2, 0.25) is 5.02 Å². The Morgan fingerprint density at radius 2 is 2.13 bits per heavy atom. The zero-order valence-electron chi connectivity index (χ0n) is 12.1. The van der Waals surface area contributed by atoms with Crippen LogP contribution in [-0.2, 0) is 16.0 Å². The molecule has 1 aliphatic heterocycles. The Labute approximate surface area is 147 Å². The number of anilines is 1. The summed E-state index contributed by atoms with van der Waals surface area (Å²) in [6, 6.07) is 7.64. The smallest absolute Gasteiger partial charge is 0.245 e. The maximum Gasteiger partial charge on any atom is 0.245 e. The second-order valence-electron chi connectivity index (χ2n) is 5.05. The van der Waals surface area contributed by atoms with Gasteiger partial charge in [-0.1, -0.05) is 23.7 Å². The first-order chi connectivity index (χ1) is 11.1. The molecular formula is C15H14ClN3O2S2. The van der Waals surface area contributed by atoms with Gasteiger partial charge in [0.1, 0.15) is 6.54 Å². The van der Waals surface area contributed by atoms with Crippen molar-refractivity contribution in [3.63, 3.8) is 0 Å². The molecule has 120 valence electrons. The van der Waals surface area contributed by atoms with Crippen molar-refractivity contribution in [2.24, 2.45) is 0 Å². The molecule has 0 radical (unpaired) electrons. The lowest BCUT2D eigenvalue weighted by Crippen LogP contribution is -2.34. The van der Waals surface area contributed by atoms with Gasteiger partial charge in [0.05, 0.1) is 11.6 Å². The van der Waals surface area contributed by atoms with Crippen molar-refractivity contribution in [2.75, 3.05) is 23.5 Å². The molecule has 2 amide bonds. The number of nitrogens with zero attached hydrogens (tertiary/aromatic N) is 2. The fourth-order valence-corrected chi connectivity index (χ4v) is 4.02. The fraction of sp³-hybridized carbons (Fsp3) is 0.267. The van der Waals surface area contributed by atoms with Gasteiger partial charge in [-0.3, -0.25) is 9.59 Å². The van der Waals surface area contributed by atoms with E-state index in [1.54, 1.807) is 11.1 Å². The highest BCUT2D eigenvalue weighted by Crippen LogP contribution is 2.22. The number of carbonyl (C=O) groups excluding carboxylic acids is 2. The molecule has 5 nitrogen and oxygen atoms in total. The molecule has 0 saturated carbocycles. The monoisotopic (exact) mass is 367 g/mol. The molecule has 0 spiro atoms. The number of carbonyl (C=O) groups is 2. The second kappa shape index (κ2) is 7.33. The van der Waals surface area contributed by atoms with Crippen molar-refractivity contribution < 1.29 is 9.59 Å². The number of rotatable bonds is 5. The Morgan fingerprint density at radius 3 is 2.83 bits per heavy atom. The van der Waals surface area contributed by atoms with Gasteiger partial charge in [-0.25, -0.2) is 4.98 Å². The predicted molar refractivity (Wildman–Crippen MR) is 94.0 cm³/mol. The van der Waals surface area contributed by atoms with Crippen LogP contribution in [0.15, 0.2) is 30.5 Å². The zero-order valence-corrected chi connectivity index (χ0v) is 14.5. The van der Waals surface area contributed by atoms with Gasteiger partial charge in [0.15, 0.2) is 5.13 Å². The maximum absolute atomic E-state index is 12.0. The van der Waals surface area contributed by atoms with Gasteiger partial charge in [0.25, 0.3) is 0 Å². The minimum absolute atomic E-state index is 0.00714. The van der Waals surface area contributed by atoms with E-state index >= 15 is 0 Å². The third-order valence-corrected chi connectivity index (χ3v) is 5.36. The molecule has 0 aliphatic carbocycles. The standard InChI is InChI=1S/C15H14ClN3O2S2/c16-11-3-1-10(2-4-11)5-12-6-17-15(23-12)18-13(20)7-19-9-22-8-14(19)21/h1-4,6H,5,7-9H2,(H,17,18,20). The molecule has 0 atom stereocenters. The minimum Gasteiger partial charge on any atom is -0.323 e. The number of aromatic nitrogens is 1. The number of halogens is 1. The SMILES string of the molecule is O=C(CN1CSCC1=O)Nc1ncc(Cc2ccc(Cl)cc2)s1. The van der Waals surface area contributed by atoms with Crippen LogP contribution in [0.25, 0.3) is 0 Å². The molecule has 2 heterocycles. The molecule has 3 rings (SSSR count). The normalized spacial score (nSPS) is 14.3. The fourth-order valence-electron chi connectivity index (χ4n) is 2.12. The van der Waals surface area contributed by atoms with E-state index in [-0.39, 0.29) is 18.4 Å². The Hall–Kier alpha value is -1.57. The molecule has 2 aromatic rings. The minimum atomic E-state index is -0.215. The Balaban J connectivity index is 1.55. The summed E-state index contributed by atoms with van der Waals surface area (Å²) < 4.78 is 0. The van der Waals surface area contributed by atoms with Crippen molar-refractivity contribution in [1.82, 2.24) is 9.88 Å². The lowest BCUT2D eigenvalue weighted by atomic mass is 10.1. The van der Waals surface area contributed by atoms with E-state index in [1.807, 2.05) is 24.3 Å². The van der Waals surface area contributed by atoms with Crippen molar-refractivity contribution in [3.8, 4) is 0 Å². The van der Waals surface area contributed by atoms with Crippen molar-refractivity contribution in [1.29, 1.82) is 0 Å². The lowest BCUT2D eigenvalue weighted by Gasteiger charge is -2.12. The van der Waals surface area contributed by atoms with Gasteiger partial charge < -0.3 is 10.2 Å². The summed E-state index contributed by atoms with van der Waals surface area (Å²) in [4.78, 5) is 30.3. The highest BCUT2D eigenvalue weighted by Gasteiger charge is 2.23. The molecule has 0 unspecified atom stereocenters. The van der Waals surface area contributed by atoms with E-state index in [2.05, 4.69) is 10.3 Å². The zero-order chi connectivity index (χ0) is 16.2. The van der Waals surface area contributed by atoms with Crippen molar-refractivity contribution in [2.45, 2.75) is 6.42 Å². The number of amides is 2. The van der Waals surface area contributed by atoms with E-state index in [0.29, 0.717) is 21.8 Å². The van der Waals surface area contributed by atoms with Gasteiger partial charge in [-0.05, 0) is 17.7 Å². The highest BCUT2D eigenvalue weighted by atomic mass is 35.5. The predicted octanol–water partition coefficient (Wildman–Crippen LogP) is 2.86. The van der Waals surface area contributed by atoms with Crippen LogP contribution in [0, 0.1) is 0 Å². The summed E-state index contributed by atoms with van der Waals surface area (Å²) in [6.07, 6.45) is 2.50. The first-order valence-electron chi connectivity index (χ1n) is 6.94. The van der Waals surface area contributed by atoms with Gasteiger partial charge >= 0.3 is 0 Å². The molecule has 1 aliphatic rings. The van der Waals surface area contributed by atoms with Gasteiger partial charge in [-0.15, -0.1) is 23.1 Å². The molecule has 8 heteroatoms. The molecular weight excluding hydrogens is 354 g/mol. The summed E-state index contributed by atoms with van der Waals surface area (Å²) in [5.41, 5.74) is 1.13. The van der Waals surface area contributed by atoms with E-state index in [9.17, 15) is 9.59 Å². The third kappa shape index (κ3) is 4.46. The van der Waals surface area contributed by atoms with E-state index in [1.165, 1.54) is 23.1 Å². The van der Waals surface area contributed by atoms with Crippen LogP contribution in [0.1, 0.15) is 10.4 Å². The molecule has 1 aromatic carbocycles. The van der Waals surface area contributed by atoms with Crippen molar-refractivity contribution >= 4 is 51.6 Å². The van der Waals surface area contributed by atoms with E-state index in [0.717, 1.165) is 16.9 Å². The number of hydrogen-bond donors (Lipinski definition) is 1. The number of benzene rings is 1. The summed E-state index contributed by atoms with van der Waals surface area (Å²) in [5, 5.41) is 4.01. The average molecular weight is 368 g/mol. The summed E-state index contributed by atoms with van der Waals surface area (Å²) in [5.74, 6) is 0.822. The highest BCUT2D eigenvalue weighted by molar-refractivity contribution is 8.00. The number of thiazole rings is 1. The van der Waals surface area contributed by atoms with Crippen LogP contribution >= 0.6 is 34.7 Å². The summed E-state index contributed by atoms with van der Waals surface area (Å²) in [6.45, 7) is 0.0813. The van der Waals surface area contributed by atoms with Crippen molar-refractivity contribution in [3.05, 3.63) is 45.9 Å².